The molecule has 1 saturated heterocycles. The number of rotatable bonds is 2. The van der Waals surface area contributed by atoms with Crippen LogP contribution in [0.3, 0.4) is 0 Å². The van der Waals surface area contributed by atoms with Gasteiger partial charge in [0.2, 0.25) is 5.89 Å². The molecule has 0 spiro atoms. The maximum Gasteiger partial charge on any atom is 0.415 e. The van der Waals surface area contributed by atoms with Gasteiger partial charge in [-0.3, -0.25) is 0 Å². The molecule has 1 aliphatic heterocycles. The third-order valence-corrected chi connectivity index (χ3v) is 2.19. The fourth-order valence-electron chi connectivity index (χ4n) is 1.46. The largest absolute Gasteiger partial charge is 0.453 e. The fraction of sp³-hybridized carbons (Fsp3) is 0.625. The number of ether oxygens (including phenoxy) is 1. The lowest BCUT2D eigenvalue weighted by Gasteiger charge is -2.02. The lowest BCUT2D eigenvalue weighted by atomic mass is 10.2. The Morgan fingerprint density at radius 1 is 1.67 bits per heavy atom. The van der Waals surface area contributed by atoms with Crippen molar-refractivity contribution in [3.8, 4) is 0 Å². The van der Waals surface area contributed by atoms with Crippen molar-refractivity contribution >= 4 is 12.1 Å². The van der Waals surface area contributed by atoms with Gasteiger partial charge in [0.05, 0.1) is 13.2 Å². The van der Waals surface area contributed by atoms with Gasteiger partial charge in [0.25, 0.3) is 0 Å². The third kappa shape index (κ3) is 2.24. The van der Waals surface area contributed by atoms with Gasteiger partial charge in [0, 0.05) is 0 Å². The van der Waals surface area contributed by atoms with Gasteiger partial charge in [0.1, 0.15) is 0 Å². The summed E-state index contributed by atoms with van der Waals surface area (Å²) in [4.78, 5) is 10.8. The van der Waals surface area contributed by atoms with Crippen molar-refractivity contribution in [3.63, 3.8) is 0 Å². The SMILES string of the molecule is COC(=O)Nc1nnc(C2CCCN2)o1. The van der Waals surface area contributed by atoms with Gasteiger partial charge < -0.3 is 14.5 Å². The van der Waals surface area contributed by atoms with Crippen LogP contribution in [0.1, 0.15) is 24.8 Å². The van der Waals surface area contributed by atoms with Crippen LogP contribution in [0.25, 0.3) is 0 Å². The Labute approximate surface area is 86.2 Å². The molecule has 1 fully saturated rings. The number of methoxy groups -OCH3 is 1. The molecule has 2 heterocycles. The van der Waals surface area contributed by atoms with Crippen LogP contribution in [-0.2, 0) is 4.74 Å². The summed E-state index contributed by atoms with van der Waals surface area (Å²) in [5.74, 6) is 0.499. The topological polar surface area (TPSA) is 89.3 Å². The quantitative estimate of drug-likeness (QED) is 0.749. The average molecular weight is 212 g/mol. The van der Waals surface area contributed by atoms with Crippen LogP contribution in [0.4, 0.5) is 10.8 Å². The van der Waals surface area contributed by atoms with Crippen molar-refractivity contribution in [2.24, 2.45) is 0 Å². The summed E-state index contributed by atoms with van der Waals surface area (Å²) in [7, 11) is 1.27. The minimum atomic E-state index is -0.621. The fourth-order valence-corrected chi connectivity index (χ4v) is 1.46. The van der Waals surface area contributed by atoms with E-state index in [0.29, 0.717) is 5.89 Å². The van der Waals surface area contributed by atoms with Crippen LogP contribution < -0.4 is 10.6 Å². The number of anilines is 1. The molecule has 0 aromatic carbocycles. The molecule has 7 heteroatoms. The number of hydrogen-bond acceptors (Lipinski definition) is 6. The summed E-state index contributed by atoms with van der Waals surface area (Å²) in [6.45, 7) is 0.951. The van der Waals surface area contributed by atoms with E-state index in [1.54, 1.807) is 0 Å². The molecular formula is C8H12N4O3. The Hall–Kier alpha value is -1.63. The second-order valence-corrected chi connectivity index (χ2v) is 3.21. The van der Waals surface area contributed by atoms with Crippen LogP contribution in [0.15, 0.2) is 4.42 Å². The highest BCUT2D eigenvalue weighted by atomic mass is 16.5. The highest BCUT2D eigenvalue weighted by molar-refractivity contribution is 5.81. The molecule has 1 atom stereocenters. The van der Waals surface area contributed by atoms with Gasteiger partial charge in [-0.05, 0) is 19.4 Å². The highest BCUT2D eigenvalue weighted by Crippen LogP contribution is 2.22. The summed E-state index contributed by atoms with van der Waals surface area (Å²) in [5.41, 5.74) is 0. The first-order chi connectivity index (χ1) is 7.29. The summed E-state index contributed by atoms with van der Waals surface area (Å²) in [5, 5.41) is 13.0. The van der Waals surface area contributed by atoms with Crippen molar-refractivity contribution < 1.29 is 13.9 Å². The summed E-state index contributed by atoms with van der Waals surface area (Å²) < 4.78 is 9.64. The van der Waals surface area contributed by atoms with E-state index < -0.39 is 6.09 Å². The monoisotopic (exact) mass is 212 g/mol. The Morgan fingerprint density at radius 3 is 3.20 bits per heavy atom. The molecule has 2 N–H and O–H groups in total. The molecule has 1 amide bonds. The van der Waals surface area contributed by atoms with E-state index in [4.69, 9.17) is 4.42 Å². The lowest BCUT2D eigenvalue weighted by Crippen LogP contribution is -2.13. The zero-order valence-corrected chi connectivity index (χ0v) is 8.32. The summed E-state index contributed by atoms with van der Waals surface area (Å²) >= 11 is 0. The molecule has 0 bridgehead atoms. The molecule has 1 aromatic rings. The minimum absolute atomic E-state index is 0.0607. The van der Waals surface area contributed by atoms with E-state index >= 15 is 0 Å². The zero-order chi connectivity index (χ0) is 10.7. The molecule has 1 aromatic heterocycles. The highest BCUT2D eigenvalue weighted by Gasteiger charge is 2.22. The van der Waals surface area contributed by atoms with E-state index in [-0.39, 0.29) is 12.1 Å². The van der Waals surface area contributed by atoms with Crippen molar-refractivity contribution in [3.05, 3.63) is 5.89 Å². The minimum Gasteiger partial charge on any atom is -0.453 e. The lowest BCUT2D eigenvalue weighted by molar-refractivity contribution is 0.186. The molecular weight excluding hydrogens is 200 g/mol. The molecule has 15 heavy (non-hydrogen) atoms. The normalized spacial score (nSPS) is 20.2. The van der Waals surface area contributed by atoms with Crippen LogP contribution in [-0.4, -0.2) is 29.9 Å². The maximum atomic E-state index is 10.8. The summed E-state index contributed by atoms with van der Waals surface area (Å²) in [6, 6.07) is 0.163. The second-order valence-electron chi connectivity index (χ2n) is 3.21. The van der Waals surface area contributed by atoms with Gasteiger partial charge in [-0.1, -0.05) is 5.10 Å². The average Bonchev–Trinajstić information content (AvgIpc) is 2.85. The molecule has 1 unspecified atom stereocenters. The summed E-state index contributed by atoms with van der Waals surface area (Å²) in [6.07, 6.45) is 1.44. The Kier molecular flexibility index (Phi) is 2.82. The number of carbonyl (C=O) groups excluding carboxylic acids is 1. The van der Waals surface area contributed by atoms with Crippen LogP contribution >= 0.6 is 0 Å². The molecule has 0 aliphatic carbocycles. The maximum absolute atomic E-state index is 10.8. The predicted molar refractivity (Wildman–Crippen MR) is 50.3 cm³/mol. The van der Waals surface area contributed by atoms with Crippen molar-refractivity contribution in [2.75, 3.05) is 19.0 Å². The van der Waals surface area contributed by atoms with E-state index in [0.717, 1.165) is 19.4 Å². The number of nitrogens with one attached hydrogen (secondary N) is 2. The standard InChI is InChI=1S/C8H12N4O3/c1-14-8(13)10-7-12-11-6(15-7)5-3-2-4-9-5/h5,9H,2-4H2,1H3,(H,10,12,13). The number of hydrogen-bond donors (Lipinski definition) is 2. The number of carbonyl (C=O) groups is 1. The van der Waals surface area contributed by atoms with E-state index in [9.17, 15) is 4.79 Å². The predicted octanol–water partition coefficient (Wildman–Crippen LogP) is 0.672. The second kappa shape index (κ2) is 4.26. The Bertz CT molecular complexity index is 345. The zero-order valence-electron chi connectivity index (χ0n) is 8.32. The van der Waals surface area contributed by atoms with Gasteiger partial charge in [-0.2, -0.15) is 0 Å². The molecule has 1 aliphatic rings. The Balaban J connectivity index is 2.00. The first kappa shape index (κ1) is 9.91. The Morgan fingerprint density at radius 2 is 2.53 bits per heavy atom. The van der Waals surface area contributed by atoms with Gasteiger partial charge in [0.15, 0.2) is 0 Å². The smallest absolute Gasteiger partial charge is 0.415 e. The van der Waals surface area contributed by atoms with Crippen LogP contribution in [0.5, 0.6) is 0 Å². The van der Waals surface area contributed by atoms with E-state index in [1.165, 1.54) is 7.11 Å². The van der Waals surface area contributed by atoms with Crippen molar-refractivity contribution in [1.82, 2.24) is 15.5 Å². The first-order valence-corrected chi connectivity index (χ1v) is 4.71. The first-order valence-electron chi connectivity index (χ1n) is 4.71. The van der Waals surface area contributed by atoms with Gasteiger partial charge >= 0.3 is 12.1 Å². The van der Waals surface area contributed by atoms with Gasteiger partial charge in [-0.15, -0.1) is 5.10 Å². The third-order valence-electron chi connectivity index (χ3n) is 2.19. The van der Waals surface area contributed by atoms with Crippen LogP contribution in [0, 0.1) is 0 Å². The molecule has 2 rings (SSSR count). The number of nitrogens with zero attached hydrogens (tertiary/aromatic N) is 2. The molecule has 7 nitrogen and oxygen atoms in total. The number of aromatic nitrogens is 2. The van der Waals surface area contributed by atoms with Crippen LogP contribution in [0.2, 0.25) is 0 Å². The van der Waals surface area contributed by atoms with Gasteiger partial charge in [-0.25, -0.2) is 10.1 Å². The van der Waals surface area contributed by atoms with E-state index in [1.807, 2.05) is 0 Å². The molecule has 0 radical (unpaired) electrons. The van der Waals surface area contributed by atoms with Crippen molar-refractivity contribution in [1.29, 1.82) is 0 Å². The molecule has 82 valence electrons. The molecule has 0 saturated carbocycles. The number of amides is 1. The van der Waals surface area contributed by atoms with E-state index in [2.05, 4.69) is 25.6 Å². The van der Waals surface area contributed by atoms with Crippen molar-refractivity contribution in [2.45, 2.75) is 18.9 Å².